The van der Waals surface area contributed by atoms with Crippen molar-refractivity contribution < 1.29 is 23.9 Å². The van der Waals surface area contributed by atoms with Gasteiger partial charge in [-0.2, -0.15) is 0 Å². The first-order valence-electron chi connectivity index (χ1n) is 13.1. The number of ether oxygens (including phenoxy) is 2. The monoisotopic (exact) mass is 564 g/mol. The normalized spacial score (nSPS) is 21.9. The highest BCUT2D eigenvalue weighted by molar-refractivity contribution is 8.00. The number of carbonyl (C=O) groups is 3. The van der Waals surface area contributed by atoms with Crippen molar-refractivity contribution >= 4 is 35.3 Å². The molecule has 10 nitrogen and oxygen atoms in total. The van der Waals surface area contributed by atoms with E-state index in [9.17, 15) is 19.2 Å². The number of aromatic nitrogens is 1. The Hall–Kier alpha value is -3.83. The van der Waals surface area contributed by atoms with E-state index in [1.165, 1.54) is 22.7 Å². The maximum atomic E-state index is 13.7. The van der Waals surface area contributed by atoms with Gasteiger partial charge in [0.1, 0.15) is 29.3 Å². The van der Waals surface area contributed by atoms with E-state index in [0.717, 1.165) is 29.7 Å². The Morgan fingerprint density at radius 2 is 1.93 bits per heavy atom. The number of amides is 2. The molecular formula is C29H32N4O6S. The SMILES string of the molecule is CC(C)(C)OC(=O)N[C@@H]1C(=O)N2C(C(=O)OCc3ccccc3)=C(/C(=C3\CCNC3)c3cc[nH]c(=O)c3)CS[C@H]12. The van der Waals surface area contributed by atoms with Crippen LogP contribution in [-0.4, -0.2) is 63.7 Å². The molecule has 2 fully saturated rings. The van der Waals surface area contributed by atoms with Crippen LogP contribution in [0.4, 0.5) is 4.79 Å². The van der Waals surface area contributed by atoms with E-state index in [4.69, 9.17) is 9.47 Å². The maximum absolute atomic E-state index is 13.7. The zero-order chi connectivity index (χ0) is 28.4. The zero-order valence-corrected chi connectivity index (χ0v) is 23.4. The molecule has 0 spiro atoms. The number of pyridine rings is 1. The summed E-state index contributed by atoms with van der Waals surface area (Å²) in [5.41, 5.74) is 3.08. The van der Waals surface area contributed by atoms with Crippen LogP contribution >= 0.6 is 11.8 Å². The first kappa shape index (κ1) is 27.7. The van der Waals surface area contributed by atoms with E-state index in [1.54, 1.807) is 33.0 Å². The molecule has 0 unspecified atom stereocenters. The highest BCUT2D eigenvalue weighted by Gasteiger charge is 2.55. The van der Waals surface area contributed by atoms with Crippen LogP contribution < -0.4 is 16.2 Å². The van der Waals surface area contributed by atoms with Gasteiger partial charge in [-0.3, -0.25) is 14.5 Å². The van der Waals surface area contributed by atoms with Gasteiger partial charge < -0.3 is 25.1 Å². The second-order valence-corrected chi connectivity index (χ2v) is 11.9. The Morgan fingerprint density at radius 1 is 1.15 bits per heavy atom. The molecule has 11 heteroatoms. The Bertz CT molecular complexity index is 1430. The van der Waals surface area contributed by atoms with Gasteiger partial charge in [0.15, 0.2) is 0 Å². The lowest BCUT2D eigenvalue weighted by atomic mass is 9.90. The average molecular weight is 565 g/mol. The average Bonchev–Trinajstić information content (AvgIpc) is 3.44. The minimum atomic E-state index is -0.845. The molecule has 2 amide bonds. The van der Waals surface area contributed by atoms with E-state index in [2.05, 4.69) is 15.6 Å². The highest BCUT2D eigenvalue weighted by Crippen LogP contribution is 2.45. The van der Waals surface area contributed by atoms with Crippen molar-refractivity contribution in [2.45, 2.75) is 50.8 Å². The summed E-state index contributed by atoms with van der Waals surface area (Å²) in [6, 6.07) is 11.7. The van der Waals surface area contributed by atoms with Crippen LogP contribution in [0.3, 0.4) is 0 Å². The van der Waals surface area contributed by atoms with Gasteiger partial charge in [0.2, 0.25) is 5.56 Å². The predicted molar refractivity (Wildman–Crippen MR) is 151 cm³/mol. The zero-order valence-electron chi connectivity index (χ0n) is 22.6. The number of hydrogen-bond donors (Lipinski definition) is 3. The summed E-state index contributed by atoms with van der Waals surface area (Å²) in [5, 5.41) is 5.48. The summed E-state index contributed by atoms with van der Waals surface area (Å²) in [6.07, 6.45) is 1.61. The van der Waals surface area contributed by atoms with Gasteiger partial charge in [0.25, 0.3) is 5.91 Å². The molecule has 40 heavy (non-hydrogen) atoms. The fraction of sp³-hybridized carbons (Fsp3) is 0.379. The van der Waals surface area contributed by atoms with E-state index >= 15 is 0 Å². The van der Waals surface area contributed by atoms with Gasteiger partial charge in [0.05, 0.1) is 0 Å². The van der Waals surface area contributed by atoms with Crippen molar-refractivity contribution in [1.82, 2.24) is 20.5 Å². The number of nitrogens with zero attached hydrogens (tertiary/aromatic N) is 1. The predicted octanol–water partition coefficient (Wildman–Crippen LogP) is 2.93. The molecular weight excluding hydrogens is 532 g/mol. The molecule has 5 rings (SSSR count). The molecule has 0 radical (unpaired) electrons. The summed E-state index contributed by atoms with van der Waals surface area (Å²) in [7, 11) is 0. The number of H-pyrrole nitrogens is 1. The minimum absolute atomic E-state index is 0.0361. The fourth-order valence-electron chi connectivity index (χ4n) is 5.00. The third-order valence-electron chi connectivity index (χ3n) is 6.71. The summed E-state index contributed by atoms with van der Waals surface area (Å²) < 4.78 is 11.1. The quantitative estimate of drug-likeness (QED) is 0.361. The summed E-state index contributed by atoms with van der Waals surface area (Å²) in [5.74, 6) is -0.684. The minimum Gasteiger partial charge on any atom is -0.456 e. The molecule has 2 aromatic rings. The lowest BCUT2D eigenvalue weighted by Gasteiger charge is -2.50. The molecule has 2 atom stereocenters. The number of benzene rings is 1. The van der Waals surface area contributed by atoms with Crippen molar-refractivity contribution in [3.8, 4) is 0 Å². The van der Waals surface area contributed by atoms with Crippen molar-refractivity contribution in [1.29, 1.82) is 0 Å². The van der Waals surface area contributed by atoms with E-state index < -0.39 is 35.0 Å². The molecule has 0 aliphatic carbocycles. The molecule has 3 aliphatic heterocycles. The van der Waals surface area contributed by atoms with Gasteiger partial charge in [-0.25, -0.2) is 9.59 Å². The third-order valence-corrected chi connectivity index (χ3v) is 7.99. The van der Waals surface area contributed by atoms with Gasteiger partial charge in [-0.15, -0.1) is 11.8 Å². The van der Waals surface area contributed by atoms with E-state index in [1.807, 2.05) is 30.3 Å². The largest absolute Gasteiger partial charge is 0.456 e. The number of alkyl carbamates (subject to hydrolysis) is 1. The summed E-state index contributed by atoms with van der Waals surface area (Å²) in [4.78, 5) is 56.0. The molecule has 1 aromatic heterocycles. The smallest absolute Gasteiger partial charge is 0.408 e. The lowest BCUT2D eigenvalue weighted by Crippen LogP contribution is -2.70. The number of carbonyl (C=O) groups excluding carboxylic acids is 3. The van der Waals surface area contributed by atoms with Crippen LogP contribution in [0, 0.1) is 0 Å². The number of fused-ring (bicyclic) bond motifs is 1. The number of β-lactam (4-membered cyclic amide) rings is 1. The molecule has 0 bridgehead atoms. The first-order chi connectivity index (χ1) is 19.1. The Labute approximate surface area is 236 Å². The molecule has 0 saturated carbocycles. The number of aromatic amines is 1. The van der Waals surface area contributed by atoms with Crippen molar-refractivity contribution in [3.63, 3.8) is 0 Å². The van der Waals surface area contributed by atoms with Gasteiger partial charge in [0, 0.05) is 30.1 Å². The number of allylic oxidation sites excluding steroid dienone is 1. The number of esters is 1. The van der Waals surface area contributed by atoms with Gasteiger partial charge in [-0.05, 0) is 62.1 Å². The fourth-order valence-corrected chi connectivity index (χ4v) is 6.35. The maximum Gasteiger partial charge on any atom is 0.408 e. The molecule has 2 saturated heterocycles. The van der Waals surface area contributed by atoms with Crippen molar-refractivity contribution in [3.05, 3.63) is 87.0 Å². The molecule has 4 heterocycles. The third kappa shape index (κ3) is 5.85. The first-order valence-corrected chi connectivity index (χ1v) is 14.2. The van der Waals surface area contributed by atoms with Gasteiger partial charge in [-0.1, -0.05) is 30.3 Å². The molecule has 3 aliphatic rings. The van der Waals surface area contributed by atoms with Gasteiger partial charge >= 0.3 is 12.1 Å². The van der Waals surface area contributed by atoms with Crippen LogP contribution in [0.2, 0.25) is 0 Å². The van der Waals surface area contributed by atoms with Crippen LogP contribution in [0.25, 0.3) is 5.57 Å². The standard InChI is InChI=1S/C29H32N4O6S/c1-29(2,3)39-28(37)32-23-25(35)33-24(27(36)38-15-17-7-5-4-6-8-17)20(16-40-26(23)33)22(19-9-11-30-14-19)18-10-12-31-21(34)13-18/h4-8,10,12-13,23,26,30H,9,11,14-16H2,1-3H3,(H,31,34)(H,32,37)/b22-19+/t23-,26-/m1/s1. The second-order valence-electron chi connectivity index (χ2n) is 10.8. The van der Waals surface area contributed by atoms with Crippen LogP contribution in [0.1, 0.15) is 38.3 Å². The topological polar surface area (TPSA) is 130 Å². The molecule has 1 aromatic carbocycles. The van der Waals surface area contributed by atoms with E-state index in [0.29, 0.717) is 23.4 Å². The Morgan fingerprint density at radius 3 is 2.60 bits per heavy atom. The van der Waals surface area contributed by atoms with Crippen LogP contribution in [0.15, 0.2) is 70.3 Å². The molecule has 210 valence electrons. The highest BCUT2D eigenvalue weighted by atomic mass is 32.2. The Kier molecular flexibility index (Phi) is 7.86. The number of hydrogen-bond acceptors (Lipinski definition) is 8. The van der Waals surface area contributed by atoms with Crippen molar-refractivity contribution in [2.75, 3.05) is 18.8 Å². The second kappa shape index (κ2) is 11.3. The number of rotatable bonds is 6. The Balaban J connectivity index is 1.53. The summed E-state index contributed by atoms with van der Waals surface area (Å²) >= 11 is 1.44. The van der Waals surface area contributed by atoms with E-state index in [-0.39, 0.29) is 17.9 Å². The summed E-state index contributed by atoms with van der Waals surface area (Å²) in [6.45, 7) is 6.64. The van der Waals surface area contributed by atoms with Crippen molar-refractivity contribution in [2.24, 2.45) is 0 Å². The lowest BCUT2D eigenvalue weighted by molar-refractivity contribution is -0.152. The number of thioether (sulfide) groups is 1. The van der Waals surface area contributed by atoms with Crippen LogP contribution in [-0.2, 0) is 25.7 Å². The van der Waals surface area contributed by atoms with Crippen LogP contribution in [0.5, 0.6) is 0 Å². The number of nitrogens with one attached hydrogen (secondary N) is 3. The molecule has 3 N–H and O–H groups in total.